The van der Waals surface area contributed by atoms with Crippen LogP contribution in [0.4, 0.5) is 10.1 Å². The molecule has 6 nitrogen and oxygen atoms in total. The normalized spacial score (nSPS) is 14.1. The number of sulfonamides is 1. The summed E-state index contributed by atoms with van der Waals surface area (Å²) in [4.78, 5) is 16.2. The summed E-state index contributed by atoms with van der Waals surface area (Å²) in [5, 5.41) is 5.08. The summed E-state index contributed by atoms with van der Waals surface area (Å²) in [5.74, 6) is -0.916. The van der Waals surface area contributed by atoms with Gasteiger partial charge in [0.05, 0.1) is 15.5 Å². The minimum atomic E-state index is -3.98. The van der Waals surface area contributed by atoms with Crippen molar-refractivity contribution >= 4 is 44.6 Å². The molecule has 168 valence electrons. The van der Waals surface area contributed by atoms with Gasteiger partial charge < -0.3 is 5.32 Å². The lowest BCUT2D eigenvalue weighted by atomic mass is 10.1. The fourth-order valence-corrected chi connectivity index (χ4v) is 5.68. The van der Waals surface area contributed by atoms with Crippen LogP contribution in [0.1, 0.15) is 20.8 Å². The van der Waals surface area contributed by atoms with E-state index in [4.69, 9.17) is 11.6 Å². The molecule has 0 aliphatic carbocycles. The second-order valence-corrected chi connectivity index (χ2v) is 10.5. The van der Waals surface area contributed by atoms with E-state index in [1.807, 2.05) is 0 Å². The third kappa shape index (κ3) is 5.29. The number of hydrogen-bond donors (Lipinski definition) is 2. The standard InChI is InChI=1S/C22H21ClFN3O3S2/c23-20-6-5-18(32(29,30)26-17-3-1-16(24)2-4-17)13-19(20)22(28)25-9-11-27-10-7-21-15(14-27)8-12-31-21/h1-6,8,12-13,26H,7,9-11,14H2,(H,25,28). The van der Waals surface area contributed by atoms with Crippen molar-refractivity contribution in [2.24, 2.45) is 0 Å². The number of carbonyl (C=O) groups excluding carboxylic acids is 1. The summed E-state index contributed by atoms with van der Waals surface area (Å²) in [6.45, 7) is 2.90. The first-order chi connectivity index (χ1) is 15.3. The first kappa shape index (κ1) is 22.7. The molecule has 0 bridgehead atoms. The molecule has 0 spiro atoms. The number of fused-ring (bicyclic) bond motifs is 1. The topological polar surface area (TPSA) is 78.5 Å². The molecule has 0 saturated heterocycles. The molecule has 1 aliphatic rings. The van der Waals surface area contributed by atoms with Crippen molar-refractivity contribution in [1.82, 2.24) is 10.2 Å². The number of carbonyl (C=O) groups is 1. The highest BCUT2D eigenvalue weighted by molar-refractivity contribution is 7.92. The second-order valence-electron chi connectivity index (χ2n) is 7.41. The second kappa shape index (κ2) is 9.58. The Kier molecular flexibility index (Phi) is 6.80. The number of anilines is 1. The van der Waals surface area contributed by atoms with E-state index in [-0.39, 0.29) is 21.2 Å². The average molecular weight is 494 g/mol. The maximum Gasteiger partial charge on any atom is 0.261 e. The first-order valence-corrected chi connectivity index (χ1v) is 12.7. The van der Waals surface area contributed by atoms with Gasteiger partial charge in [-0.2, -0.15) is 0 Å². The van der Waals surface area contributed by atoms with Crippen molar-refractivity contribution in [2.45, 2.75) is 17.9 Å². The number of amides is 1. The van der Waals surface area contributed by atoms with Crippen LogP contribution in [0.25, 0.3) is 0 Å². The average Bonchev–Trinajstić information content (AvgIpc) is 3.23. The van der Waals surface area contributed by atoms with Gasteiger partial charge in [-0.25, -0.2) is 12.8 Å². The molecule has 1 amide bonds. The highest BCUT2D eigenvalue weighted by atomic mass is 35.5. The zero-order chi connectivity index (χ0) is 22.7. The molecule has 1 aliphatic heterocycles. The highest BCUT2D eigenvalue weighted by Gasteiger charge is 2.20. The fraction of sp³-hybridized carbons (Fsp3) is 0.227. The number of halogens is 2. The number of benzene rings is 2. The predicted octanol–water partition coefficient (Wildman–Crippen LogP) is 4.13. The van der Waals surface area contributed by atoms with Gasteiger partial charge in [-0.3, -0.25) is 14.4 Å². The number of hydrogen-bond acceptors (Lipinski definition) is 5. The van der Waals surface area contributed by atoms with Gasteiger partial charge in [0, 0.05) is 36.7 Å². The minimum absolute atomic E-state index is 0.0763. The lowest BCUT2D eigenvalue weighted by Crippen LogP contribution is -2.37. The monoisotopic (exact) mass is 493 g/mol. The molecule has 2 aromatic carbocycles. The van der Waals surface area contributed by atoms with E-state index in [1.165, 1.54) is 40.8 Å². The molecule has 32 heavy (non-hydrogen) atoms. The van der Waals surface area contributed by atoms with Crippen LogP contribution >= 0.6 is 22.9 Å². The third-order valence-electron chi connectivity index (χ3n) is 5.19. The van der Waals surface area contributed by atoms with E-state index in [1.54, 1.807) is 11.3 Å². The summed E-state index contributed by atoms with van der Waals surface area (Å²) in [6.07, 6.45) is 1.01. The molecule has 0 radical (unpaired) electrons. The Morgan fingerprint density at radius 3 is 2.72 bits per heavy atom. The van der Waals surface area contributed by atoms with E-state index in [0.29, 0.717) is 13.1 Å². The Labute approximate surface area is 195 Å². The lowest BCUT2D eigenvalue weighted by molar-refractivity contribution is 0.0947. The molecule has 0 saturated carbocycles. The molecule has 4 rings (SSSR count). The molecular weight excluding hydrogens is 473 g/mol. The van der Waals surface area contributed by atoms with Crippen molar-refractivity contribution in [3.05, 3.63) is 80.8 Å². The highest BCUT2D eigenvalue weighted by Crippen LogP contribution is 2.24. The van der Waals surface area contributed by atoms with Crippen LogP contribution in [0.15, 0.2) is 58.8 Å². The van der Waals surface area contributed by atoms with Gasteiger partial charge in [-0.15, -0.1) is 11.3 Å². The van der Waals surface area contributed by atoms with Crippen molar-refractivity contribution in [1.29, 1.82) is 0 Å². The van der Waals surface area contributed by atoms with Crippen LogP contribution in [0, 0.1) is 5.82 Å². The summed E-state index contributed by atoms with van der Waals surface area (Å²) < 4.78 is 40.8. The molecule has 0 atom stereocenters. The minimum Gasteiger partial charge on any atom is -0.351 e. The van der Waals surface area contributed by atoms with E-state index < -0.39 is 21.7 Å². The first-order valence-electron chi connectivity index (χ1n) is 9.95. The maximum absolute atomic E-state index is 13.1. The van der Waals surface area contributed by atoms with Gasteiger partial charge in [0.2, 0.25) is 0 Å². The smallest absolute Gasteiger partial charge is 0.261 e. The van der Waals surface area contributed by atoms with Gasteiger partial charge >= 0.3 is 0 Å². The van der Waals surface area contributed by atoms with Crippen LogP contribution in [0.3, 0.4) is 0 Å². The Hall–Kier alpha value is -2.46. The molecule has 0 unspecified atom stereocenters. The number of nitrogens with one attached hydrogen (secondary N) is 2. The van der Waals surface area contributed by atoms with Crippen LogP contribution in [-0.2, 0) is 23.0 Å². The van der Waals surface area contributed by atoms with Gasteiger partial charge in [0.15, 0.2) is 0 Å². The summed E-state index contributed by atoms with van der Waals surface area (Å²) >= 11 is 7.94. The Balaban J connectivity index is 1.39. The van der Waals surface area contributed by atoms with Gasteiger partial charge in [0.25, 0.3) is 15.9 Å². The molecule has 10 heteroatoms. The largest absolute Gasteiger partial charge is 0.351 e. The summed E-state index contributed by atoms with van der Waals surface area (Å²) in [5.41, 5.74) is 1.62. The van der Waals surface area contributed by atoms with Crippen LogP contribution in [0.2, 0.25) is 5.02 Å². The number of nitrogens with zero attached hydrogens (tertiary/aromatic N) is 1. The van der Waals surface area contributed by atoms with Crippen molar-refractivity contribution < 1.29 is 17.6 Å². The maximum atomic E-state index is 13.1. The van der Waals surface area contributed by atoms with Crippen molar-refractivity contribution in [2.75, 3.05) is 24.4 Å². The zero-order valence-electron chi connectivity index (χ0n) is 17.0. The Bertz CT molecular complexity index is 1230. The van der Waals surface area contributed by atoms with E-state index in [0.717, 1.165) is 31.6 Å². The van der Waals surface area contributed by atoms with Crippen LogP contribution in [0.5, 0.6) is 0 Å². The SMILES string of the molecule is O=C(NCCN1CCc2sccc2C1)c1cc(S(=O)(=O)Nc2ccc(F)cc2)ccc1Cl. The lowest BCUT2D eigenvalue weighted by Gasteiger charge is -2.26. The van der Waals surface area contributed by atoms with E-state index >= 15 is 0 Å². The molecule has 1 aromatic heterocycles. The quantitative estimate of drug-likeness (QED) is 0.518. The molecule has 3 aromatic rings. The Morgan fingerprint density at radius 1 is 1.16 bits per heavy atom. The van der Waals surface area contributed by atoms with Gasteiger partial charge in [0.1, 0.15) is 5.82 Å². The van der Waals surface area contributed by atoms with Crippen LogP contribution < -0.4 is 10.0 Å². The number of thiophene rings is 1. The fourth-order valence-electron chi connectivity index (χ4n) is 3.50. The van der Waals surface area contributed by atoms with Gasteiger partial charge in [-0.05, 0) is 65.9 Å². The summed E-state index contributed by atoms with van der Waals surface area (Å²) in [6, 6.07) is 11.0. The number of rotatable bonds is 7. The molecule has 0 fully saturated rings. The molecule has 2 heterocycles. The van der Waals surface area contributed by atoms with Crippen LogP contribution in [-0.4, -0.2) is 38.9 Å². The predicted molar refractivity (Wildman–Crippen MR) is 124 cm³/mol. The Morgan fingerprint density at radius 2 is 1.94 bits per heavy atom. The van der Waals surface area contributed by atoms with Gasteiger partial charge in [-0.1, -0.05) is 11.6 Å². The van der Waals surface area contributed by atoms with Crippen molar-refractivity contribution in [3.8, 4) is 0 Å². The van der Waals surface area contributed by atoms with Crippen molar-refractivity contribution in [3.63, 3.8) is 0 Å². The van der Waals surface area contributed by atoms with E-state index in [9.17, 15) is 17.6 Å². The van der Waals surface area contributed by atoms with E-state index in [2.05, 4.69) is 26.4 Å². The molecular formula is C22H21ClFN3O3S2. The molecule has 2 N–H and O–H groups in total. The zero-order valence-corrected chi connectivity index (χ0v) is 19.4. The third-order valence-corrected chi connectivity index (χ3v) is 7.92. The summed E-state index contributed by atoms with van der Waals surface area (Å²) in [7, 11) is -3.98.